The number of fused-ring (bicyclic) bond motifs is 1. The number of rotatable bonds is 9. The molecule has 0 unspecified atom stereocenters. The molecule has 2 N–H and O–H groups in total. The average Bonchev–Trinajstić information content (AvgIpc) is 3.10. The topological polar surface area (TPSA) is 130 Å². The van der Waals surface area contributed by atoms with Gasteiger partial charge in [0.25, 0.3) is 5.91 Å². The van der Waals surface area contributed by atoms with E-state index in [9.17, 15) is 14.4 Å². The van der Waals surface area contributed by atoms with Crippen molar-refractivity contribution in [2.45, 2.75) is 0 Å². The van der Waals surface area contributed by atoms with Crippen molar-refractivity contribution in [2.24, 2.45) is 0 Å². The highest BCUT2D eigenvalue weighted by Crippen LogP contribution is 2.38. The van der Waals surface area contributed by atoms with Crippen molar-refractivity contribution in [3.8, 4) is 28.7 Å². The first-order valence-corrected chi connectivity index (χ1v) is 9.35. The minimum Gasteiger partial charge on any atom is -0.496 e. The number of methoxy groups -OCH3 is 3. The number of ether oxygens (including phenoxy) is 5. The van der Waals surface area contributed by atoms with Crippen LogP contribution in [0.3, 0.4) is 0 Å². The Morgan fingerprint density at radius 1 is 1.03 bits per heavy atom. The van der Waals surface area contributed by atoms with Crippen molar-refractivity contribution < 1.29 is 43.2 Å². The Morgan fingerprint density at radius 3 is 2.38 bits per heavy atom. The predicted octanol–water partition coefficient (Wildman–Crippen LogP) is 1.91. The molecule has 0 radical (unpaired) electrons. The molecule has 0 fully saturated rings. The van der Waals surface area contributed by atoms with Crippen LogP contribution in [0.25, 0.3) is 6.08 Å². The summed E-state index contributed by atoms with van der Waals surface area (Å²) in [6.07, 6.45) is 1.53. The van der Waals surface area contributed by atoms with E-state index >= 15 is 0 Å². The molecule has 32 heavy (non-hydrogen) atoms. The fourth-order valence-corrected chi connectivity index (χ4v) is 2.94. The van der Waals surface area contributed by atoms with E-state index in [0.29, 0.717) is 28.4 Å². The van der Waals surface area contributed by atoms with E-state index < -0.39 is 18.4 Å². The summed E-state index contributed by atoms with van der Waals surface area (Å²) in [5, 5.41) is 10.8. The molecule has 3 rings (SSSR count). The van der Waals surface area contributed by atoms with E-state index in [4.69, 9.17) is 28.8 Å². The van der Waals surface area contributed by atoms with Crippen molar-refractivity contribution in [1.82, 2.24) is 5.32 Å². The van der Waals surface area contributed by atoms with Crippen LogP contribution in [-0.2, 0) is 9.59 Å². The highest BCUT2D eigenvalue weighted by atomic mass is 16.5. The lowest BCUT2D eigenvalue weighted by atomic mass is 10.1. The molecule has 0 aromatic heterocycles. The third-order valence-electron chi connectivity index (χ3n) is 4.47. The van der Waals surface area contributed by atoms with Gasteiger partial charge in [-0.15, -0.1) is 0 Å². The minimum atomic E-state index is -1.16. The quantitative estimate of drug-likeness (QED) is 0.558. The maximum atomic E-state index is 12.8. The second kappa shape index (κ2) is 9.73. The third-order valence-corrected chi connectivity index (χ3v) is 4.47. The van der Waals surface area contributed by atoms with Crippen molar-refractivity contribution in [3.63, 3.8) is 0 Å². The molecule has 2 aromatic rings. The van der Waals surface area contributed by atoms with Gasteiger partial charge in [0.2, 0.25) is 5.78 Å². The van der Waals surface area contributed by atoms with Gasteiger partial charge in [-0.1, -0.05) is 0 Å². The third kappa shape index (κ3) is 4.91. The number of carboxylic acid groups (broad SMARTS) is 1. The molecule has 10 nitrogen and oxygen atoms in total. The Labute approximate surface area is 183 Å². The zero-order valence-corrected chi connectivity index (χ0v) is 17.6. The number of benzene rings is 2. The summed E-state index contributed by atoms with van der Waals surface area (Å²) in [5.41, 5.74) is 0.881. The number of ketones is 1. The predicted molar refractivity (Wildman–Crippen MR) is 112 cm³/mol. The van der Waals surface area contributed by atoms with Gasteiger partial charge in [0.15, 0.2) is 23.9 Å². The molecule has 168 valence electrons. The number of Topliss-reactive ketones (excluding diaryl/α,β-unsaturated/α-hetero) is 1. The van der Waals surface area contributed by atoms with Gasteiger partial charge in [0, 0.05) is 17.7 Å². The normalized spacial score (nSPS) is 13.2. The van der Waals surface area contributed by atoms with Gasteiger partial charge in [-0.25, -0.2) is 0 Å². The monoisotopic (exact) mass is 443 g/mol. The van der Waals surface area contributed by atoms with Gasteiger partial charge >= 0.3 is 5.97 Å². The fourth-order valence-electron chi connectivity index (χ4n) is 2.94. The number of aliphatic carboxylic acids is 1. The number of nitrogens with one attached hydrogen (secondary N) is 1. The van der Waals surface area contributed by atoms with Crippen molar-refractivity contribution >= 4 is 23.7 Å². The largest absolute Gasteiger partial charge is 0.496 e. The van der Waals surface area contributed by atoms with Crippen molar-refractivity contribution in [3.05, 3.63) is 47.2 Å². The Hall–Kier alpha value is -4.21. The highest BCUT2D eigenvalue weighted by Gasteiger charge is 2.28. The second-order valence-electron chi connectivity index (χ2n) is 6.51. The summed E-state index contributed by atoms with van der Waals surface area (Å²) in [6.45, 7) is -0.886. The summed E-state index contributed by atoms with van der Waals surface area (Å²) < 4.78 is 27.0. The zero-order valence-electron chi connectivity index (χ0n) is 17.6. The van der Waals surface area contributed by atoms with E-state index in [2.05, 4.69) is 5.32 Å². The molecule has 1 amide bonds. The van der Waals surface area contributed by atoms with Crippen molar-refractivity contribution in [2.75, 3.05) is 34.5 Å². The Bertz CT molecular complexity index is 1090. The van der Waals surface area contributed by atoms with Crippen molar-refractivity contribution in [1.29, 1.82) is 0 Å². The minimum absolute atomic E-state index is 0.0712. The van der Waals surface area contributed by atoms with Gasteiger partial charge < -0.3 is 34.1 Å². The maximum absolute atomic E-state index is 12.8. The summed E-state index contributed by atoms with van der Waals surface area (Å²) in [5.74, 6) is -0.0682. The van der Waals surface area contributed by atoms with Crippen LogP contribution in [0.1, 0.15) is 15.9 Å². The molecule has 2 aromatic carbocycles. The molecule has 1 aliphatic rings. The zero-order chi connectivity index (χ0) is 23.3. The van der Waals surface area contributed by atoms with E-state index in [1.807, 2.05) is 0 Å². The molecule has 0 atom stereocenters. The summed E-state index contributed by atoms with van der Waals surface area (Å²) in [4.78, 5) is 34.8. The van der Waals surface area contributed by atoms with E-state index in [-0.39, 0.29) is 29.6 Å². The van der Waals surface area contributed by atoms with Gasteiger partial charge in [-0.05, 0) is 24.3 Å². The van der Waals surface area contributed by atoms with Crippen LogP contribution in [0.5, 0.6) is 28.7 Å². The van der Waals surface area contributed by atoms with Crippen LogP contribution in [0.2, 0.25) is 0 Å². The number of carbonyl (C=O) groups is 3. The Balaban J connectivity index is 1.78. The lowest BCUT2D eigenvalue weighted by Crippen LogP contribution is -2.33. The number of allylic oxidation sites excluding steroid dienone is 1. The van der Waals surface area contributed by atoms with Crippen LogP contribution in [-0.4, -0.2) is 57.2 Å². The number of carbonyl (C=O) groups excluding carboxylic acids is 2. The van der Waals surface area contributed by atoms with Gasteiger partial charge in [-0.3, -0.25) is 14.4 Å². The average molecular weight is 443 g/mol. The van der Waals surface area contributed by atoms with Crippen LogP contribution in [0.4, 0.5) is 0 Å². The van der Waals surface area contributed by atoms with Gasteiger partial charge in [0.05, 0.1) is 26.9 Å². The second-order valence-corrected chi connectivity index (χ2v) is 6.51. The van der Waals surface area contributed by atoms with Crippen LogP contribution >= 0.6 is 0 Å². The lowest BCUT2D eigenvalue weighted by molar-refractivity contribution is -0.138. The number of hydrogen-bond donors (Lipinski definition) is 2. The molecule has 0 bridgehead atoms. The summed E-state index contributed by atoms with van der Waals surface area (Å²) in [6, 6.07) is 7.82. The molecule has 1 heterocycles. The van der Waals surface area contributed by atoms with Crippen LogP contribution in [0, 0.1) is 0 Å². The van der Waals surface area contributed by atoms with E-state index in [1.54, 1.807) is 12.1 Å². The smallest absolute Gasteiger partial charge is 0.322 e. The molecule has 10 heteroatoms. The van der Waals surface area contributed by atoms with Gasteiger partial charge in [-0.2, -0.15) is 0 Å². The van der Waals surface area contributed by atoms with E-state index in [1.165, 1.54) is 45.6 Å². The summed E-state index contributed by atoms with van der Waals surface area (Å²) >= 11 is 0. The van der Waals surface area contributed by atoms with Crippen LogP contribution < -0.4 is 29.0 Å². The molecule has 0 saturated heterocycles. The highest BCUT2D eigenvalue weighted by molar-refractivity contribution is 6.14. The SMILES string of the molecule is COc1cc(OC)c(OC)cc1/C=C1\Oc2cc(OCC(=O)NCC(=O)O)ccc2C1=O. The Kier molecular flexibility index (Phi) is 6.83. The first-order chi connectivity index (χ1) is 15.4. The molecule has 1 aliphatic heterocycles. The number of amides is 1. The van der Waals surface area contributed by atoms with Crippen LogP contribution in [0.15, 0.2) is 36.1 Å². The standard InChI is InChI=1S/C22H21NO9/c1-28-15-9-18(30-3)17(29-2)6-12(15)7-19-22(27)14-5-4-13(8-16(14)32-19)31-11-20(24)23-10-21(25)26/h4-9H,10-11H2,1-3H3,(H,23,24)(H,25,26)/b19-7-. The molecular weight excluding hydrogens is 422 g/mol. The molecular formula is C22H21NO9. The summed E-state index contributed by atoms with van der Waals surface area (Å²) in [7, 11) is 4.49. The molecule has 0 saturated carbocycles. The molecule has 0 spiro atoms. The fraction of sp³-hybridized carbons (Fsp3) is 0.227. The van der Waals surface area contributed by atoms with Gasteiger partial charge in [0.1, 0.15) is 23.8 Å². The lowest BCUT2D eigenvalue weighted by Gasteiger charge is -2.12. The maximum Gasteiger partial charge on any atom is 0.322 e. The van der Waals surface area contributed by atoms with E-state index in [0.717, 1.165) is 0 Å². The number of hydrogen-bond acceptors (Lipinski definition) is 8. The first-order valence-electron chi connectivity index (χ1n) is 9.35. The molecule has 0 aliphatic carbocycles. The number of carboxylic acids is 1. The Morgan fingerprint density at radius 2 is 1.72 bits per heavy atom. The first kappa shape index (κ1) is 22.5.